The van der Waals surface area contributed by atoms with E-state index >= 15 is 0 Å². The van der Waals surface area contributed by atoms with Gasteiger partial charge in [-0.2, -0.15) is 0 Å². The van der Waals surface area contributed by atoms with Crippen LogP contribution in [0.4, 0.5) is 5.82 Å². The number of aryl methyl sites for hydroxylation is 2. The maximum atomic E-state index is 10.3. The number of hydrogen-bond acceptors (Lipinski definition) is 5. The molecule has 0 radical (unpaired) electrons. The van der Waals surface area contributed by atoms with Crippen LogP contribution in [-0.4, -0.2) is 27.7 Å². The van der Waals surface area contributed by atoms with Crippen molar-refractivity contribution in [2.45, 2.75) is 39.9 Å². The fourth-order valence-electron chi connectivity index (χ4n) is 3.13. The molecule has 146 valence electrons. The van der Waals surface area contributed by atoms with Crippen molar-refractivity contribution in [1.29, 1.82) is 0 Å². The number of aliphatic hydroxyl groups is 1. The smallest absolute Gasteiger partial charge is 0.130 e. The van der Waals surface area contributed by atoms with E-state index < -0.39 is 6.10 Å². The van der Waals surface area contributed by atoms with Gasteiger partial charge in [-0.25, -0.2) is 9.97 Å². The van der Waals surface area contributed by atoms with Crippen LogP contribution in [0.25, 0.3) is 11.3 Å². The number of anilines is 1. The van der Waals surface area contributed by atoms with Crippen molar-refractivity contribution in [2.75, 3.05) is 11.9 Å². The molecule has 0 saturated heterocycles. The van der Waals surface area contributed by atoms with E-state index in [-0.39, 0.29) is 6.10 Å². The van der Waals surface area contributed by atoms with Gasteiger partial charge in [0.25, 0.3) is 0 Å². The fraction of sp³-hybridized carbons (Fsp3) is 0.304. The number of aromatic nitrogens is 2. The van der Waals surface area contributed by atoms with Crippen molar-refractivity contribution in [3.05, 3.63) is 71.5 Å². The summed E-state index contributed by atoms with van der Waals surface area (Å²) in [7, 11) is 0. The minimum atomic E-state index is -0.600. The summed E-state index contributed by atoms with van der Waals surface area (Å²) in [5.74, 6) is 1.61. The van der Waals surface area contributed by atoms with Crippen LogP contribution < -0.4 is 10.1 Å². The second kappa shape index (κ2) is 8.85. The maximum Gasteiger partial charge on any atom is 0.130 e. The van der Waals surface area contributed by atoms with Gasteiger partial charge in [-0.1, -0.05) is 30.3 Å². The van der Waals surface area contributed by atoms with E-state index in [2.05, 4.69) is 27.4 Å². The van der Waals surface area contributed by atoms with Crippen LogP contribution in [0.5, 0.6) is 5.75 Å². The van der Waals surface area contributed by atoms with Crippen molar-refractivity contribution in [3.8, 4) is 17.0 Å². The Morgan fingerprint density at radius 2 is 1.68 bits per heavy atom. The predicted octanol–water partition coefficient (Wildman–Crippen LogP) is 4.69. The predicted molar refractivity (Wildman–Crippen MR) is 113 cm³/mol. The van der Waals surface area contributed by atoms with Crippen LogP contribution in [0, 0.1) is 13.8 Å². The van der Waals surface area contributed by atoms with Gasteiger partial charge in [0.2, 0.25) is 0 Å². The first kappa shape index (κ1) is 19.8. The summed E-state index contributed by atoms with van der Waals surface area (Å²) in [4.78, 5) is 8.69. The van der Waals surface area contributed by atoms with Gasteiger partial charge in [0, 0.05) is 18.2 Å². The second-order valence-corrected chi connectivity index (χ2v) is 7.20. The van der Waals surface area contributed by atoms with E-state index in [9.17, 15) is 5.11 Å². The minimum Gasteiger partial charge on any atom is -0.490 e. The van der Waals surface area contributed by atoms with E-state index in [1.54, 1.807) is 0 Å². The third-order valence-electron chi connectivity index (χ3n) is 4.44. The molecule has 0 fully saturated rings. The van der Waals surface area contributed by atoms with Crippen molar-refractivity contribution in [2.24, 2.45) is 0 Å². The van der Waals surface area contributed by atoms with Crippen LogP contribution in [0.3, 0.4) is 0 Å². The zero-order chi connectivity index (χ0) is 20.1. The fourth-order valence-corrected chi connectivity index (χ4v) is 3.13. The molecule has 0 saturated carbocycles. The lowest BCUT2D eigenvalue weighted by atomic mass is 10.0. The molecule has 2 N–H and O–H groups in total. The topological polar surface area (TPSA) is 67.3 Å². The summed E-state index contributed by atoms with van der Waals surface area (Å²) in [6.45, 7) is 8.52. The molecule has 28 heavy (non-hydrogen) atoms. The Labute approximate surface area is 166 Å². The van der Waals surface area contributed by atoms with Crippen LogP contribution in [-0.2, 0) is 0 Å². The number of aliphatic hydroxyl groups excluding tert-OH is 1. The van der Waals surface area contributed by atoms with Gasteiger partial charge >= 0.3 is 0 Å². The van der Waals surface area contributed by atoms with E-state index in [1.807, 2.05) is 64.1 Å². The molecule has 1 atom stereocenters. The molecule has 0 aliphatic heterocycles. The van der Waals surface area contributed by atoms with E-state index in [0.29, 0.717) is 12.4 Å². The summed E-state index contributed by atoms with van der Waals surface area (Å²) < 4.78 is 5.92. The van der Waals surface area contributed by atoms with Crippen molar-refractivity contribution < 1.29 is 9.84 Å². The molecule has 2 aromatic carbocycles. The van der Waals surface area contributed by atoms with Crippen LogP contribution >= 0.6 is 0 Å². The largest absolute Gasteiger partial charge is 0.490 e. The van der Waals surface area contributed by atoms with Gasteiger partial charge in [0.05, 0.1) is 17.9 Å². The quantitative estimate of drug-likeness (QED) is 0.625. The standard InChI is InChI=1S/C23H27N3O2/c1-15(2)28-23-16(3)10-19(11-17(23)4)20-12-22(26-14-25-20)24-13-21(27)18-8-6-5-7-9-18/h5-12,14-15,21,27H,13H2,1-4H3,(H,24,25,26)/t21-/m0/s1. The number of rotatable bonds is 7. The lowest BCUT2D eigenvalue weighted by molar-refractivity contribution is 0.191. The molecule has 1 aromatic heterocycles. The maximum absolute atomic E-state index is 10.3. The molecule has 1 heterocycles. The molecule has 0 aliphatic rings. The van der Waals surface area contributed by atoms with E-state index in [0.717, 1.165) is 33.7 Å². The summed E-state index contributed by atoms with van der Waals surface area (Å²) in [6.07, 6.45) is 1.07. The third-order valence-corrected chi connectivity index (χ3v) is 4.44. The number of nitrogens with zero attached hydrogens (tertiary/aromatic N) is 2. The van der Waals surface area contributed by atoms with E-state index in [1.165, 1.54) is 6.33 Å². The third kappa shape index (κ3) is 4.87. The number of hydrogen-bond donors (Lipinski definition) is 2. The zero-order valence-electron chi connectivity index (χ0n) is 16.8. The summed E-state index contributed by atoms with van der Waals surface area (Å²) in [5.41, 5.74) is 4.87. The average Bonchev–Trinajstić information content (AvgIpc) is 2.69. The molecular weight excluding hydrogens is 350 g/mol. The first-order valence-electron chi connectivity index (χ1n) is 9.51. The average molecular weight is 377 g/mol. The molecule has 3 rings (SSSR count). The Morgan fingerprint density at radius 3 is 2.32 bits per heavy atom. The van der Waals surface area contributed by atoms with Crippen LogP contribution in [0.15, 0.2) is 54.9 Å². The zero-order valence-corrected chi connectivity index (χ0v) is 16.8. The summed E-state index contributed by atoms with van der Waals surface area (Å²) >= 11 is 0. The molecule has 3 aromatic rings. The molecule has 0 bridgehead atoms. The number of ether oxygens (including phenoxy) is 1. The van der Waals surface area contributed by atoms with Gasteiger partial charge in [0.15, 0.2) is 0 Å². The highest BCUT2D eigenvalue weighted by atomic mass is 16.5. The summed E-state index contributed by atoms with van der Waals surface area (Å²) in [6, 6.07) is 15.6. The Bertz CT molecular complexity index is 903. The molecule has 0 unspecified atom stereocenters. The second-order valence-electron chi connectivity index (χ2n) is 7.20. The molecule has 0 amide bonds. The Hall–Kier alpha value is -2.92. The normalized spacial score (nSPS) is 12.1. The van der Waals surface area contributed by atoms with Crippen LogP contribution in [0.2, 0.25) is 0 Å². The lowest BCUT2D eigenvalue weighted by Gasteiger charge is -2.17. The van der Waals surface area contributed by atoms with Gasteiger partial charge in [-0.05, 0) is 56.5 Å². The number of nitrogens with one attached hydrogen (secondary N) is 1. The van der Waals surface area contributed by atoms with Gasteiger partial charge in [-0.15, -0.1) is 0 Å². The highest BCUT2D eigenvalue weighted by Crippen LogP contribution is 2.30. The Morgan fingerprint density at radius 1 is 1.00 bits per heavy atom. The molecule has 0 spiro atoms. The number of benzene rings is 2. The molecular formula is C23H27N3O2. The highest BCUT2D eigenvalue weighted by molar-refractivity contribution is 5.66. The monoisotopic (exact) mass is 377 g/mol. The summed E-state index contributed by atoms with van der Waals surface area (Å²) in [5, 5.41) is 13.5. The van der Waals surface area contributed by atoms with Gasteiger partial charge < -0.3 is 15.2 Å². The first-order chi connectivity index (χ1) is 13.4. The highest BCUT2D eigenvalue weighted by Gasteiger charge is 2.12. The molecule has 5 nitrogen and oxygen atoms in total. The van der Waals surface area contributed by atoms with Crippen molar-refractivity contribution >= 4 is 5.82 Å². The Balaban J connectivity index is 1.76. The lowest BCUT2D eigenvalue weighted by Crippen LogP contribution is -2.13. The SMILES string of the molecule is Cc1cc(-c2cc(NC[C@H](O)c3ccccc3)ncn2)cc(C)c1OC(C)C. The van der Waals surface area contributed by atoms with Gasteiger partial charge in [-0.3, -0.25) is 0 Å². The Kier molecular flexibility index (Phi) is 6.26. The van der Waals surface area contributed by atoms with Crippen molar-refractivity contribution in [1.82, 2.24) is 9.97 Å². The van der Waals surface area contributed by atoms with Crippen molar-refractivity contribution in [3.63, 3.8) is 0 Å². The molecule has 0 aliphatic carbocycles. The van der Waals surface area contributed by atoms with Crippen LogP contribution in [0.1, 0.15) is 36.6 Å². The van der Waals surface area contributed by atoms with E-state index in [4.69, 9.17) is 4.74 Å². The minimum absolute atomic E-state index is 0.133. The van der Waals surface area contributed by atoms with Gasteiger partial charge in [0.1, 0.15) is 17.9 Å². The first-order valence-corrected chi connectivity index (χ1v) is 9.51. The molecule has 5 heteroatoms.